The highest BCUT2D eigenvalue weighted by Crippen LogP contribution is 2.20. The number of hydrogen-bond acceptors (Lipinski definition) is 3. The zero-order valence-corrected chi connectivity index (χ0v) is 9.66. The largest absolute Gasteiger partial charge is 0.478 e. The summed E-state index contributed by atoms with van der Waals surface area (Å²) >= 11 is 0. The van der Waals surface area contributed by atoms with Crippen LogP contribution >= 0.6 is 0 Å². The van der Waals surface area contributed by atoms with Gasteiger partial charge in [-0.05, 0) is 31.5 Å². The van der Waals surface area contributed by atoms with Crippen LogP contribution in [0.2, 0.25) is 0 Å². The first-order chi connectivity index (χ1) is 7.54. The van der Waals surface area contributed by atoms with Crippen molar-refractivity contribution in [3.05, 3.63) is 23.8 Å². The summed E-state index contributed by atoms with van der Waals surface area (Å²) in [6.45, 7) is 4.13. The molecule has 0 aromatic heterocycles. The van der Waals surface area contributed by atoms with Crippen molar-refractivity contribution < 1.29 is 9.90 Å². The van der Waals surface area contributed by atoms with Crippen molar-refractivity contribution in [2.45, 2.75) is 32.7 Å². The predicted octanol–water partition coefficient (Wildman–Crippen LogP) is 2.57. The van der Waals surface area contributed by atoms with Gasteiger partial charge in [0, 0.05) is 17.4 Å². The Bertz CT molecular complexity index is 377. The molecule has 0 aliphatic heterocycles. The Labute approximate surface area is 95.5 Å². The molecule has 0 heterocycles. The number of hydrogen-bond donors (Lipinski definition) is 3. The van der Waals surface area contributed by atoms with E-state index in [1.54, 1.807) is 12.1 Å². The van der Waals surface area contributed by atoms with Gasteiger partial charge in [-0.2, -0.15) is 0 Å². The lowest BCUT2D eigenvalue weighted by atomic mass is 10.1. The van der Waals surface area contributed by atoms with E-state index in [0.29, 0.717) is 11.4 Å². The van der Waals surface area contributed by atoms with E-state index in [1.165, 1.54) is 6.07 Å². The van der Waals surface area contributed by atoms with E-state index in [2.05, 4.69) is 12.2 Å². The van der Waals surface area contributed by atoms with Crippen molar-refractivity contribution in [2.24, 2.45) is 0 Å². The van der Waals surface area contributed by atoms with Gasteiger partial charge in [-0.15, -0.1) is 0 Å². The summed E-state index contributed by atoms with van der Waals surface area (Å²) in [6, 6.07) is 5.15. The van der Waals surface area contributed by atoms with Gasteiger partial charge in [-0.1, -0.05) is 13.3 Å². The highest BCUT2D eigenvalue weighted by molar-refractivity contribution is 5.95. The van der Waals surface area contributed by atoms with Crippen molar-refractivity contribution in [3.63, 3.8) is 0 Å². The monoisotopic (exact) mass is 222 g/mol. The highest BCUT2D eigenvalue weighted by Gasteiger charge is 2.11. The van der Waals surface area contributed by atoms with E-state index in [-0.39, 0.29) is 11.6 Å². The third kappa shape index (κ3) is 3.15. The molecule has 1 aromatic carbocycles. The Morgan fingerprint density at radius 3 is 2.81 bits per heavy atom. The van der Waals surface area contributed by atoms with Crippen LogP contribution in [0.3, 0.4) is 0 Å². The predicted molar refractivity (Wildman–Crippen MR) is 65.8 cm³/mol. The van der Waals surface area contributed by atoms with Crippen LogP contribution in [-0.4, -0.2) is 17.1 Å². The Balaban J connectivity index is 2.90. The van der Waals surface area contributed by atoms with Crippen LogP contribution in [0.4, 0.5) is 11.4 Å². The maximum atomic E-state index is 11.0. The third-order valence-electron chi connectivity index (χ3n) is 2.40. The SMILES string of the molecule is CCCC(C)Nc1ccc(N)cc1C(=O)O. The van der Waals surface area contributed by atoms with Crippen LogP contribution in [0.25, 0.3) is 0 Å². The van der Waals surface area contributed by atoms with E-state index < -0.39 is 5.97 Å². The van der Waals surface area contributed by atoms with Gasteiger partial charge >= 0.3 is 5.97 Å². The number of nitrogens with one attached hydrogen (secondary N) is 1. The average molecular weight is 222 g/mol. The highest BCUT2D eigenvalue weighted by atomic mass is 16.4. The van der Waals surface area contributed by atoms with Gasteiger partial charge in [0.25, 0.3) is 0 Å². The third-order valence-corrected chi connectivity index (χ3v) is 2.40. The van der Waals surface area contributed by atoms with Crippen LogP contribution in [0.15, 0.2) is 18.2 Å². The Morgan fingerprint density at radius 2 is 2.25 bits per heavy atom. The lowest BCUT2D eigenvalue weighted by Gasteiger charge is -2.16. The van der Waals surface area contributed by atoms with Gasteiger partial charge in [-0.25, -0.2) is 4.79 Å². The number of anilines is 2. The number of aromatic carboxylic acids is 1. The zero-order valence-electron chi connectivity index (χ0n) is 9.66. The molecular formula is C12H18N2O2. The molecule has 0 aliphatic carbocycles. The first kappa shape index (κ1) is 12.4. The number of carbonyl (C=O) groups is 1. The van der Waals surface area contributed by atoms with Gasteiger partial charge in [-0.3, -0.25) is 0 Å². The standard InChI is InChI=1S/C12H18N2O2/c1-3-4-8(2)14-11-6-5-9(13)7-10(11)12(15)16/h5-8,14H,3-4,13H2,1-2H3,(H,15,16). The first-order valence-corrected chi connectivity index (χ1v) is 5.44. The Kier molecular flexibility index (Phi) is 4.17. The molecule has 0 fully saturated rings. The molecule has 16 heavy (non-hydrogen) atoms. The fraction of sp³-hybridized carbons (Fsp3) is 0.417. The summed E-state index contributed by atoms with van der Waals surface area (Å²) in [5.74, 6) is -0.960. The lowest BCUT2D eigenvalue weighted by molar-refractivity contribution is 0.0698. The van der Waals surface area contributed by atoms with Crippen molar-refractivity contribution in [1.82, 2.24) is 0 Å². The van der Waals surface area contributed by atoms with Crippen LogP contribution in [0.5, 0.6) is 0 Å². The molecule has 0 bridgehead atoms. The molecule has 4 heteroatoms. The second kappa shape index (κ2) is 5.39. The Morgan fingerprint density at radius 1 is 1.56 bits per heavy atom. The first-order valence-electron chi connectivity index (χ1n) is 5.44. The van der Waals surface area contributed by atoms with Crippen molar-refractivity contribution >= 4 is 17.3 Å². The molecule has 0 radical (unpaired) electrons. The molecule has 88 valence electrons. The van der Waals surface area contributed by atoms with E-state index in [0.717, 1.165) is 12.8 Å². The fourth-order valence-corrected chi connectivity index (χ4v) is 1.64. The number of nitrogens with two attached hydrogens (primary N) is 1. The second-order valence-corrected chi connectivity index (χ2v) is 3.94. The minimum Gasteiger partial charge on any atom is -0.478 e. The van der Waals surface area contributed by atoms with E-state index in [9.17, 15) is 4.79 Å². The number of carboxylic acid groups (broad SMARTS) is 1. The number of carboxylic acids is 1. The minimum atomic E-state index is -0.960. The molecule has 4 N–H and O–H groups in total. The van der Waals surface area contributed by atoms with Gasteiger partial charge in [0.15, 0.2) is 0 Å². The number of rotatable bonds is 5. The fourth-order valence-electron chi connectivity index (χ4n) is 1.64. The summed E-state index contributed by atoms with van der Waals surface area (Å²) in [7, 11) is 0. The molecule has 0 spiro atoms. The maximum Gasteiger partial charge on any atom is 0.337 e. The summed E-state index contributed by atoms with van der Waals surface area (Å²) in [5, 5.41) is 12.2. The molecular weight excluding hydrogens is 204 g/mol. The molecule has 1 unspecified atom stereocenters. The number of nitrogen functional groups attached to an aromatic ring is 1. The second-order valence-electron chi connectivity index (χ2n) is 3.94. The molecule has 0 saturated carbocycles. The molecule has 0 amide bonds. The number of benzene rings is 1. The molecule has 1 aromatic rings. The topological polar surface area (TPSA) is 75.3 Å². The molecule has 1 rings (SSSR count). The van der Waals surface area contributed by atoms with Crippen LogP contribution in [0.1, 0.15) is 37.0 Å². The molecule has 0 saturated heterocycles. The minimum absolute atomic E-state index is 0.225. The summed E-state index contributed by atoms with van der Waals surface area (Å²) in [6.07, 6.45) is 2.06. The zero-order chi connectivity index (χ0) is 12.1. The van der Waals surface area contributed by atoms with Crippen LogP contribution < -0.4 is 11.1 Å². The van der Waals surface area contributed by atoms with Crippen LogP contribution in [0, 0.1) is 0 Å². The molecule has 0 aliphatic rings. The van der Waals surface area contributed by atoms with Crippen molar-refractivity contribution in [2.75, 3.05) is 11.1 Å². The van der Waals surface area contributed by atoms with Crippen molar-refractivity contribution in [3.8, 4) is 0 Å². The van der Waals surface area contributed by atoms with E-state index in [4.69, 9.17) is 10.8 Å². The summed E-state index contributed by atoms with van der Waals surface area (Å²) in [5.41, 5.74) is 6.88. The normalized spacial score (nSPS) is 12.1. The quantitative estimate of drug-likeness (QED) is 0.669. The van der Waals surface area contributed by atoms with Gasteiger partial charge < -0.3 is 16.2 Å². The van der Waals surface area contributed by atoms with Gasteiger partial charge in [0.1, 0.15) is 0 Å². The lowest BCUT2D eigenvalue weighted by Crippen LogP contribution is -2.17. The van der Waals surface area contributed by atoms with Crippen molar-refractivity contribution in [1.29, 1.82) is 0 Å². The van der Waals surface area contributed by atoms with Gasteiger partial charge in [0.05, 0.1) is 5.56 Å². The summed E-state index contributed by atoms with van der Waals surface area (Å²) < 4.78 is 0. The van der Waals surface area contributed by atoms with E-state index >= 15 is 0 Å². The van der Waals surface area contributed by atoms with Crippen LogP contribution in [-0.2, 0) is 0 Å². The van der Waals surface area contributed by atoms with E-state index in [1.807, 2.05) is 6.92 Å². The summed E-state index contributed by atoms with van der Waals surface area (Å²) in [4.78, 5) is 11.0. The maximum absolute atomic E-state index is 11.0. The average Bonchev–Trinajstić information content (AvgIpc) is 2.20. The van der Waals surface area contributed by atoms with Gasteiger partial charge in [0.2, 0.25) is 0 Å². The molecule has 4 nitrogen and oxygen atoms in total. The Hall–Kier alpha value is -1.71. The smallest absolute Gasteiger partial charge is 0.337 e. The molecule has 1 atom stereocenters.